The lowest BCUT2D eigenvalue weighted by Crippen LogP contribution is -2.12. The highest BCUT2D eigenvalue weighted by Gasteiger charge is 2.15. The summed E-state index contributed by atoms with van der Waals surface area (Å²) in [7, 11) is 0. The van der Waals surface area contributed by atoms with Crippen LogP contribution < -0.4 is 5.32 Å². The zero-order valence-electron chi connectivity index (χ0n) is 16.5. The third-order valence-corrected chi connectivity index (χ3v) is 4.94. The Kier molecular flexibility index (Phi) is 5.61. The lowest BCUT2D eigenvalue weighted by molar-refractivity contribution is -0.118. The van der Waals surface area contributed by atoms with Crippen LogP contribution in [-0.4, -0.2) is 31.9 Å². The molecule has 1 aromatic carbocycles. The van der Waals surface area contributed by atoms with Gasteiger partial charge in [-0.15, -0.1) is 0 Å². The standard InChI is InChI=1S/C23H21N5O2/c1-15(16-6-3-2-4-7-16)10-19(29)11-18-12-21-20(14-25-18)22(28-27-21)26-23(30)17-8-5-9-24-13-17/h2-9,12-15H,10-11H2,1H3,(H2,26,27,28,30)/t15-/m0/s1. The molecule has 1 amide bonds. The van der Waals surface area contributed by atoms with E-state index in [1.807, 2.05) is 30.3 Å². The second-order valence-electron chi connectivity index (χ2n) is 7.22. The van der Waals surface area contributed by atoms with Crippen LogP contribution in [-0.2, 0) is 11.2 Å². The summed E-state index contributed by atoms with van der Waals surface area (Å²) in [5, 5.41) is 10.5. The number of rotatable bonds is 7. The van der Waals surface area contributed by atoms with Crippen LogP contribution in [0.4, 0.5) is 5.82 Å². The Morgan fingerprint density at radius 2 is 1.93 bits per heavy atom. The molecular formula is C23H21N5O2. The predicted molar refractivity (Wildman–Crippen MR) is 114 cm³/mol. The largest absolute Gasteiger partial charge is 0.304 e. The Hall–Kier alpha value is -3.87. The highest BCUT2D eigenvalue weighted by molar-refractivity contribution is 6.07. The molecule has 0 saturated carbocycles. The SMILES string of the molecule is C[C@@H](CC(=O)Cc1cc2[nH]nc(NC(=O)c3cccnc3)c2cn1)c1ccccc1. The molecule has 1 atom stereocenters. The Bertz CT molecular complexity index is 1170. The van der Waals surface area contributed by atoms with E-state index in [1.54, 1.807) is 30.6 Å². The first-order chi connectivity index (χ1) is 14.6. The Balaban J connectivity index is 1.43. The van der Waals surface area contributed by atoms with E-state index in [0.29, 0.717) is 34.4 Å². The molecule has 0 aliphatic rings. The van der Waals surface area contributed by atoms with E-state index in [9.17, 15) is 9.59 Å². The number of carbonyl (C=O) groups excluding carboxylic acids is 2. The number of H-pyrrole nitrogens is 1. The van der Waals surface area contributed by atoms with Crippen LogP contribution >= 0.6 is 0 Å². The molecule has 3 heterocycles. The topological polar surface area (TPSA) is 101 Å². The summed E-state index contributed by atoms with van der Waals surface area (Å²) < 4.78 is 0. The molecule has 0 unspecified atom stereocenters. The number of aromatic amines is 1. The van der Waals surface area contributed by atoms with Gasteiger partial charge >= 0.3 is 0 Å². The van der Waals surface area contributed by atoms with Crippen molar-refractivity contribution in [1.82, 2.24) is 20.2 Å². The van der Waals surface area contributed by atoms with Crippen molar-refractivity contribution < 1.29 is 9.59 Å². The number of anilines is 1. The lowest BCUT2D eigenvalue weighted by atomic mass is 9.94. The van der Waals surface area contributed by atoms with Crippen LogP contribution in [0.1, 0.15) is 40.9 Å². The Labute approximate surface area is 173 Å². The zero-order valence-corrected chi connectivity index (χ0v) is 16.5. The number of nitrogens with zero attached hydrogens (tertiary/aromatic N) is 3. The molecule has 3 aromatic heterocycles. The van der Waals surface area contributed by atoms with Crippen LogP contribution in [0.15, 0.2) is 67.1 Å². The van der Waals surface area contributed by atoms with Gasteiger partial charge in [-0.1, -0.05) is 37.3 Å². The number of nitrogens with one attached hydrogen (secondary N) is 2. The number of benzene rings is 1. The van der Waals surface area contributed by atoms with Crippen molar-refractivity contribution >= 4 is 28.4 Å². The van der Waals surface area contributed by atoms with E-state index in [-0.39, 0.29) is 24.0 Å². The normalized spacial score (nSPS) is 11.9. The van der Waals surface area contributed by atoms with E-state index < -0.39 is 0 Å². The van der Waals surface area contributed by atoms with E-state index in [0.717, 1.165) is 5.56 Å². The number of amides is 1. The Morgan fingerprint density at radius 1 is 1.10 bits per heavy atom. The molecular weight excluding hydrogens is 378 g/mol. The van der Waals surface area contributed by atoms with Crippen LogP contribution in [0.5, 0.6) is 0 Å². The van der Waals surface area contributed by atoms with Gasteiger partial charge in [0.1, 0.15) is 5.78 Å². The van der Waals surface area contributed by atoms with Crippen LogP contribution in [0, 0.1) is 0 Å². The maximum Gasteiger partial charge on any atom is 0.258 e. The minimum atomic E-state index is -0.300. The predicted octanol–water partition coefficient (Wildman–Crippen LogP) is 3.91. The zero-order chi connectivity index (χ0) is 20.9. The molecule has 0 spiro atoms. The summed E-state index contributed by atoms with van der Waals surface area (Å²) >= 11 is 0. The van der Waals surface area contributed by atoms with Gasteiger partial charge in [-0.05, 0) is 29.7 Å². The molecule has 4 rings (SSSR count). The summed E-state index contributed by atoms with van der Waals surface area (Å²) in [6.45, 7) is 2.05. The number of ketones is 1. The summed E-state index contributed by atoms with van der Waals surface area (Å²) in [6, 6.07) is 15.2. The Morgan fingerprint density at radius 3 is 2.70 bits per heavy atom. The van der Waals surface area contributed by atoms with Crippen molar-refractivity contribution in [3.8, 4) is 0 Å². The van der Waals surface area contributed by atoms with Gasteiger partial charge in [0.25, 0.3) is 5.91 Å². The number of carbonyl (C=O) groups is 2. The average molecular weight is 399 g/mol. The minimum absolute atomic E-state index is 0.128. The minimum Gasteiger partial charge on any atom is -0.304 e. The smallest absolute Gasteiger partial charge is 0.258 e. The van der Waals surface area contributed by atoms with Gasteiger partial charge in [-0.25, -0.2) is 0 Å². The molecule has 0 aliphatic heterocycles. The van der Waals surface area contributed by atoms with Gasteiger partial charge in [0.05, 0.1) is 16.5 Å². The fourth-order valence-electron chi connectivity index (χ4n) is 3.34. The van der Waals surface area contributed by atoms with Crippen LogP contribution in [0.25, 0.3) is 10.9 Å². The van der Waals surface area contributed by atoms with E-state index >= 15 is 0 Å². The highest BCUT2D eigenvalue weighted by atomic mass is 16.1. The average Bonchev–Trinajstić information content (AvgIpc) is 3.16. The van der Waals surface area contributed by atoms with Crippen molar-refractivity contribution in [1.29, 1.82) is 0 Å². The summed E-state index contributed by atoms with van der Waals surface area (Å²) in [5.74, 6) is 0.374. The van der Waals surface area contributed by atoms with E-state index in [4.69, 9.17) is 0 Å². The fourth-order valence-corrected chi connectivity index (χ4v) is 3.34. The second-order valence-corrected chi connectivity index (χ2v) is 7.22. The number of Topliss-reactive ketones (excluding diaryl/α,β-unsaturated/α-hetero) is 1. The molecule has 150 valence electrons. The lowest BCUT2D eigenvalue weighted by Gasteiger charge is -2.10. The van der Waals surface area contributed by atoms with Crippen molar-refractivity contribution in [2.24, 2.45) is 0 Å². The molecule has 2 N–H and O–H groups in total. The first kappa shape index (κ1) is 19.4. The molecule has 4 aromatic rings. The third kappa shape index (κ3) is 4.41. The van der Waals surface area contributed by atoms with Gasteiger partial charge in [0, 0.05) is 37.1 Å². The molecule has 30 heavy (non-hydrogen) atoms. The summed E-state index contributed by atoms with van der Waals surface area (Å²) in [5.41, 5.74) is 2.97. The number of aromatic nitrogens is 4. The first-order valence-electron chi connectivity index (χ1n) is 9.71. The number of hydrogen-bond donors (Lipinski definition) is 2. The van der Waals surface area contributed by atoms with Crippen LogP contribution in [0.2, 0.25) is 0 Å². The first-order valence-corrected chi connectivity index (χ1v) is 9.71. The van der Waals surface area contributed by atoms with Crippen LogP contribution in [0.3, 0.4) is 0 Å². The monoisotopic (exact) mass is 399 g/mol. The van der Waals surface area contributed by atoms with Crippen molar-refractivity contribution in [2.75, 3.05) is 5.32 Å². The second kappa shape index (κ2) is 8.65. The number of hydrogen-bond acceptors (Lipinski definition) is 5. The van der Waals surface area contributed by atoms with Gasteiger partial charge in [-0.3, -0.25) is 24.7 Å². The maximum absolute atomic E-state index is 12.5. The molecule has 0 fully saturated rings. The molecule has 7 heteroatoms. The maximum atomic E-state index is 12.5. The van der Waals surface area contributed by atoms with E-state index in [1.165, 1.54) is 6.20 Å². The summed E-state index contributed by atoms with van der Waals surface area (Å²) in [6.07, 6.45) is 5.43. The van der Waals surface area contributed by atoms with Crippen molar-refractivity contribution in [2.45, 2.75) is 25.7 Å². The molecule has 0 bridgehead atoms. The van der Waals surface area contributed by atoms with Crippen molar-refractivity contribution in [3.63, 3.8) is 0 Å². The van der Waals surface area contributed by atoms with Crippen molar-refractivity contribution in [3.05, 3.63) is 83.9 Å². The number of fused-ring (bicyclic) bond motifs is 1. The summed E-state index contributed by atoms with van der Waals surface area (Å²) in [4.78, 5) is 33.2. The van der Waals surface area contributed by atoms with Gasteiger partial charge in [0.15, 0.2) is 5.82 Å². The molecule has 0 aliphatic carbocycles. The molecule has 0 radical (unpaired) electrons. The van der Waals surface area contributed by atoms with Gasteiger partial charge < -0.3 is 5.32 Å². The molecule has 0 saturated heterocycles. The molecule has 7 nitrogen and oxygen atoms in total. The van der Waals surface area contributed by atoms with Gasteiger partial charge in [0.2, 0.25) is 0 Å². The highest BCUT2D eigenvalue weighted by Crippen LogP contribution is 2.22. The third-order valence-electron chi connectivity index (χ3n) is 4.94. The fraction of sp³-hybridized carbons (Fsp3) is 0.174. The quantitative estimate of drug-likeness (QED) is 0.491. The van der Waals surface area contributed by atoms with E-state index in [2.05, 4.69) is 32.4 Å². The van der Waals surface area contributed by atoms with Gasteiger partial charge in [-0.2, -0.15) is 5.10 Å². The number of pyridine rings is 2.